The molecule has 0 heterocycles. The van der Waals surface area contributed by atoms with E-state index < -0.39 is 4.57 Å². The molecule has 0 saturated heterocycles. The molecular formula is C4H6Cl2O2S2. The number of alkyl halides is 1. The predicted octanol–water partition coefficient (Wildman–Crippen LogP) is 2.74. The molecule has 0 saturated carbocycles. The minimum Gasteiger partial charge on any atom is -0.288 e. The Balaban J connectivity index is 0. The summed E-state index contributed by atoms with van der Waals surface area (Å²) < 4.78 is -0.667. The first kappa shape index (κ1) is 13.2. The van der Waals surface area contributed by atoms with Gasteiger partial charge in [0.25, 0.3) is 4.57 Å². The summed E-state index contributed by atoms with van der Waals surface area (Å²) >= 11 is 13.8. The predicted molar refractivity (Wildman–Crippen MR) is 49.2 cm³/mol. The van der Waals surface area contributed by atoms with Crippen LogP contribution in [0.15, 0.2) is 0 Å². The van der Waals surface area contributed by atoms with E-state index in [1.807, 2.05) is 0 Å². The van der Waals surface area contributed by atoms with Crippen LogP contribution in [-0.2, 0) is 4.79 Å². The second-order valence-corrected chi connectivity index (χ2v) is 3.75. The van der Waals surface area contributed by atoms with Crippen molar-refractivity contribution in [3.63, 3.8) is 0 Å². The van der Waals surface area contributed by atoms with Gasteiger partial charge in [0.1, 0.15) is 0 Å². The van der Waals surface area contributed by atoms with Crippen molar-refractivity contribution in [2.24, 2.45) is 0 Å². The van der Waals surface area contributed by atoms with Crippen molar-refractivity contribution in [2.45, 2.75) is 6.92 Å². The monoisotopic (exact) mass is 220 g/mol. The maximum absolute atomic E-state index is 9.92. The molecule has 0 aliphatic rings. The molecule has 0 radical (unpaired) electrons. The summed E-state index contributed by atoms with van der Waals surface area (Å²) in [4.78, 5) is 19.0. The quantitative estimate of drug-likeness (QED) is 0.420. The zero-order chi connectivity index (χ0) is 8.57. The molecule has 0 aromatic heterocycles. The summed E-state index contributed by atoms with van der Waals surface area (Å²) in [5, 5.41) is 0.444. The van der Waals surface area contributed by atoms with E-state index in [1.54, 1.807) is 0 Å². The Morgan fingerprint density at radius 2 is 1.90 bits per heavy atom. The van der Waals surface area contributed by atoms with E-state index in [9.17, 15) is 4.79 Å². The molecule has 0 aliphatic carbocycles. The van der Waals surface area contributed by atoms with Gasteiger partial charge in [-0.25, -0.2) is 0 Å². The average Bonchev–Trinajstić information content (AvgIpc) is 1.62. The minimum atomic E-state index is -0.667. The lowest BCUT2D eigenvalue weighted by atomic mass is 10.9. The number of hydrogen-bond donors (Lipinski definition) is 1. The summed E-state index contributed by atoms with van der Waals surface area (Å²) in [6.45, 7) is 1.49. The maximum atomic E-state index is 9.92. The summed E-state index contributed by atoms with van der Waals surface area (Å²) in [6, 6.07) is 0. The minimum absolute atomic E-state index is 0.0741. The molecule has 6 heteroatoms. The van der Waals surface area contributed by atoms with E-state index in [1.165, 1.54) is 6.92 Å². The van der Waals surface area contributed by atoms with Gasteiger partial charge in [-0.15, -0.1) is 11.6 Å². The van der Waals surface area contributed by atoms with Crippen LogP contribution in [-0.4, -0.2) is 14.9 Å². The van der Waals surface area contributed by atoms with Gasteiger partial charge in [-0.05, 0) is 11.6 Å². The second kappa shape index (κ2) is 9.62. The van der Waals surface area contributed by atoms with Gasteiger partial charge in [0.15, 0.2) is 5.12 Å². The molecule has 0 atom stereocenters. The fraction of sp³-hybridized carbons (Fsp3) is 0.500. The molecule has 10 heavy (non-hydrogen) atoms. The Morgan fingerprint density at radius 3 is 1.90 bits per heavy atom. The Labute approximate surface area is 79.0 Å². The fourth-order valence-electron chi connectivity index (χ4n) is 0.0768. The highest BCUT2D eigenvalue weighted by molar-refractivity contribution is 8.14. The molecule has 0 amide bonds. The van der Waals surface area contributed by atoms with E-state index in [-0.39, 0.29) is 5.12 Å². The van der Waals surface area contributed by atoms with Crippen LogP contribution >= 0.6 is 47.6 Å². The molecule has 0 aromatic rings. The van der Waals surface area contributed by atoms with Gasteiger partial charge < -0.3 is 0 Å². The van der Waals surface area contributed by atoms with Crippen molar-refractivity contribution < 1.29 is 9.59 Å². The first-order chi connectivity index (χ1) is 4.50. The van der Waals surface area contributed by atoms with Crippen molar-refractivity contribution in [1.29, 1.82) is 0 Å². The van der Waals surface area contributed by atoms with E-state index in [4.69, 9.17) is 16.4 Å². The third-order valence-corrected chi connectivity index (χ3v) is 1.10. The van der Waals surface area contributed by atoms with Crippen molar-refractivity contribution >= 4 is 57.3 Å². The van der Waals surface area contributed by atoms with Crippen LogP contribution in [0.2, 0.25) is 0 Å². The van der Waals surface area contributed by atoms with Gasteiger partial charge in [0, 0.05) is 6.92 Å². The topological polar surface area (TPSA) is 34.1 Å². The Bertz CT molecular complexity index is 114. The smallest absolute Gasteiger partial charge is 0.276 e. The van der Waals surface area contributed by atoms with Gasteiger partial charge in [-0.3, -0.25) is 9.59 Å². The van der Waals surface area contributed by atoms with E-state index in [0.29, 0.717) is 5.21 Å². The summed E-state index contributed by atoms with van der Waals surface area (Å²) in [5.74, 6) is 0. The standard InChI is InChI=1S/C3H5ClOS.CHClOS/c1-3(5)6-2-4;2-1(3)4/h2H2,1H3;(H,3,4). The highest BCUT2D eigenvalue weighted by Crippen LogP contribution is 2.00. The van der Waals surface area contributed by atoms with Crippen molar-refractivity contribution in [1.82, 2.24) is 0 Å². The SMILES string of the molecule is CC(=O)SCCl.O=C(S)Cl. The first-order valence-corrected chi connectivity index (χ1v) is 4.43. The van der Waals surface area contributed by atoms with Crippen molar-refractivity contribution in [2.75, 3.05) is 5.21 Å². The zero-order valence-corrected chi connectivity index (χ0v) is 8.36. The Morgan fingerprint density at radius 1 is 1.60 bits per heavy atom. The molecule has 0 fully saturated rings. The van der Waals surface area contributed by atoms with Crippen LogP contribution in [0.4, 0.5) is 4.79 Å². The number of rotatable bonds is 1. The van der Waals surface area contributed by atoms with Gasteiger partial charge in [-0.2, -0.15) is 0 Å². The molecule has 0 rings (SSSR count). The number of carbonyl (C=O) groups is 2. The van der Waals surface area contributed by atoms with Crippen LogP contribution < -0.4 is 0 Å². The van der Waals surface area contributed by atoms with Crippen LogP contribution in [0.1, 0.15) is 6.92 Å². The largest absolute Gasteiger partial charge is 0.288 e. The highest BCUT2D eigenvalue weighted by Gasteiger charge is 1.85. The molecule has 60 valence electrons. The summed E-state index contributed by atoms with van der Waals surface area (Å²) in [7, 11) is 0. The molecular weight excluding hydrogens is 215 g/mol. The number of halogens is 2. The van der Waals surface area contributed by atoms with Crippen LogP contribution in [0.25, 0.3) is 0 Å². The third-order valence-electron chi connectivity index (χ3n) is 0.258. The fourth-order valence-corrected chi connectivity index (χ4v) is 0.691. The number of carbonyl (C=O) groups excluding carboxylic acids is 2. The zero-order valence-electron chi connectivity index (χ0n) is 5.13. The van der Waals surface area contributed by atoms with Crippen molar-refractivity contribution in [3.05, 3.63) is 0 Å². The Hall–Kier alpha value is 0.620. The Kier molecular flexibility index (Phi) is 12.7. The molecule has 0 bridgehead atoms. The molecule has 0 N–H and O–H groups in total. The lowest BCUT2D eigenvalue weighted by Gasteiger charge is -1.79. The first-order valence-electron chi connectivity index (χ1n) is 2.08. The van der Waals surface area contributed by atoms with Gasteiger partial charge in [-0.1, -0.05) is 24.4 Å². The number of hydrogen-bond acceptors (Lipinski definition) is 3. The maximum Gasteiger partial charge on any atom is 0.276 e. The molecule has 0 unspecified atom stereocenters. The van der Waals surface area contributed by atoms with E-state index >= 15 is 0 Å². The van der Waals surface area contributed by atoms with Crippen LogP contribution in [0.5, 0.6) is 0 Å². The van der Waals surface area contributed by atoms with Gasteiger partial charge in [0.05, 0.1) is 5.21 Å². The lowest BCUT2D eigenvalue weighted by Crippen LogP contribution is -1.76. The molecule has 2 nitrogen and oxygen atoms in total. The summed E-state index contributed by atoms with van der Waals surface area (Å²) in [6.07, 6.45) is 0. The van der Waals surface area contributed by atoms with Crippen LogP contribution in [0, 0.1) is 0 Å². The highest BCUT2D eigenvalue weighted by atomic mass is 35.5. The second-order valence-electron chi connectivity index (χ2n) is 0.998. The normalized spacial score (nSPS) is 7.60. The van der Waals surface area contributed by atoms with Gasteiger partial charge >= 0.3 is 0 Å². The average molecular weight is 221 g/mol. The summed E-state index contributed by atoms with van der Waals surface area (Å²) in [5.41, 5.74) is 0. The lowest BCUT2D eigenvalue weighted by molar-refractivity contribution is -0.109. The van der Waals surface area contributed by atoms with Crippen LogP contribution in [0.3, 0.4) is 0 Å². The molecule has 0 aromatic carbocycles. The number of thiol groups is 1. The van der Waals surface area contributed by atoms with E-state index in [2.05, 4.69) is 24.2 Å². The van der Waals surface area contributed by atoms with E-state index in [0.717, 1.165) is 11.8 Å². The number of thioether (sulfide) groups is 1. The molecule has 0 aliphatic heterocycles. The third kappa shape index (κ3) is 38.2. The van der Waals surface area contributed by atoms with Gasteiger partial charge in [0.2, 0.25) is 0 Å². The van der Waals surface area contributed by atoms with Crippen molar-refractivity contribution in [3.8, 4) is 0 Å². The molecule has 0 spiro atoms.